The highest BCUT2D eigenvalue weighted by Crippen LogP contribution is 2.38. The van der Waals surface area contributed by atoms with Gasteiger partial charge in [-0.3, -0.25) is 4.79 Å². The normalized spacial score (nSPS) is 32.0. The minimum atomic E-state index is -0.296. The molecule has 120 valence electrons. The first-order valence-electron chi connectivity index (χ1n) is 7.99. The van der Waals surface area contributed by atoms with E-state index in [1.807, 2.05) is 32.0 Å². The molecule has 1 fully saturated rings. The first kappa shape index (κ1) is 15.3. The van der Waals surface area contributed by atoms with Gasteiger partial charge >= 0.3 is 0 Å². The van der Waals surface area contributed by atoms with Crippen LogP contribution < -0.4 is 15.4 Å². The van der Waals surface area contributed by atoms with Crippen LogP contribution in [-0.2, 0) is 9.53 Å². The summed E-state index contributed by atoms with van der Waals surface area (Å²) in [5.74, 6) is 1.17. The minimum Gasteiger partial charge on any atom is -0.487 e. The van der Waals surface area contributed by atoms with Gasteiger partial charge in [-0.05, 0) is 19.9 Å². The Hall–Kier alpha value is -1.59. The number of hydrogen-bond donors (Lipinski definition) is 2. The summed E-state index contributed by atoms with van der Waals surface area (Å²) in [4.78, 5) is 12.4. The van der Waals surface area contributed by atoms with Crippen molar-refractivity contribution < 1.29 is 14.3 Å². The molecular formula is C17H24N2O3. The molecule has 0 spiro atoms. The van der Waals surface area contributed by atoms with Crippen LogP contribution in [0.15, 0.2) is 24.3 Å². The largest absolute Gasteiger partial charge is 0.487 e. The van der Waals surface area contributed by atoms with Crippen LogP contribution in [0.5, 0.6) is 5.75 Å². The number of morpholine rings is 1. The number of fused-ring (bicyclic) bond motifs is 1. The van der Waals surface area contributed by atoms with Crippen LogP contribution in [0, 0.1) is 0 Å². The van der Waals surface area contributed by atoms with E-state index in [1.165, 1.54) is 5.56 Å². The first-order chi connectivity index (χ1) is 10.6. The van der Waals surface area contributed by atoms with Gasteiger partial charge in [-0.1, -0.05) is 25.1 Å². The molecule has 3 rings (SSSR count). The number of benzene rings is 1. The number of carbonyl (C=O) groups is 1. The number of rotatable bonds is 3. The zero-order valence-electron chi connectivity index (χ0n) is 13.3. The molecule has 22 heavy (non-hydrogen) atoms. The van der Waals surface area contributed by atoms with Crippen LogP contribution in [0.3, 0.4) is 0 Å². The van der Waals surface area contributed by atoms with Crippen molar-refractivity contribution in [2.45, 2.75) is 51.0 Å². The Morgan fingerprint density at radius 1 is 1.36 bits per heavy atom. The molecule has 2 heterocycles. The van der Waals surface area contributed by atoms with Gasteiger partial charge < -0.3 is 20.1 Å². The summed E-state index contributed by atoms with van der Waals surface area (Å²) in [5.41, 5.74) is 1.21. The second kappa shape index (κ2) is 6.26. The molecule has 2 aliphatic rings. The molecule has 0 saturated carbocycles. The maximum atomic E-state index is 12.4. The topological polar surface area (TPSA) is 59.6 Å². The van der Waals surface area contributed by atoms with Gasteiger partial charge in [-0.25, -0.2) is 0 Å². The molecule has 5 heteroatoms. The van der Waals surface area contributed by atoms with E-state index in [9.17, 15) is 4.79 Å². The molecule has 0 aromatic heterocycles. The van der Waals surface area contributed by atoms with E-state index in [1.54, 1.807) is 0 Å². The third-order valence-electron chi connectivity index (χ3n) is 4.63. The lowest BCUT2D eigenvalue weighted by atomic mass is 9.93. The van der Waals surface area contributed by atoms with Crippen molar-refractivity contribution in [2.75, 3.05) is 13.2 Å². The highest BCUT2D eigenvalue weighted by Gasteiger charge is 2.37. The zero-order valence-corrected chi connectivity index (χ0v) is 13.3. The summed E-state index contributed by atoms with van der Waals surface area (Å²) >= 11 is 0. The summed E-state index contributed by atoms with van der Waals surface area (Å²) in [6.45, 7) is 7.42. The summed E-state index contributed by atoms with van der Waals surface area (Å²) < 4.78 is 11.6. The molecule has 1 saturated heterocycles. The van der Waals surface area contributed by atoms with Crippen LogP contribution in [0.1, 0.15) is 32.3 Å². The highest BCUT2D eigenvalue weighted by molar-refractivity contribution is 5.82. The van der Waals surface area contributed by atoms with Crippen LogP contribution in [0.25, 0.3) is 0 Å². The fraction of sp³-hybridized carbons (Fsp3) is 0.588. The van der Waals surface area contributed by atoms with Crippen molar-refractivity contribution >= 4 is 5.91 Å². The van der Waals surface area contributed by atoms with Crippen molar-refractivity contribution in [2.24, 2.45) is 0 Å². The molecule has 0 aliphatic carbocycles. The van der Waals surface area contributed by atoms with Crippen molar-refractivity contribution in [1.29, 1.82) is 0 Å². The van der Waals surface area contributed by atoms with E-state index in [-0.39, 0.29) is 36.1 Å². The van der Waals surface area contributed by atoms with Crippen LogP contribution in [0.4, 0.5) is 0 Å². The monoisotopic (exact) mass is 304 g/mol. The summed E-state index contributed by atoms with van der Waals surface area (Å²) in [6.07, 6.45) is -0.152. The van der Waals surface area contributed by atoms with Gasteiger partial charge in [0.15, 0.2) is 0 Å². The van der Waals surface area contributed by atoms with Crippen molar-refractivity contribution in [3.63, 3.8) is 0 Å². The quantitative estimate of drug-likeness (QED) is 0.887. The fourth-order valence-electron chi connectivity index (χ4n) is 3.35. The van der Waals surface area contributed by atoms with E-state index in [0.29, 0.717) is 13.2 Å². The van der Waals surface area contributed by atoms with Gasteiger partial charge in [0.1, 0.15) is 17.9 Å². The fourth-order valence-corrected chi connectivity index (χ4v) is 3.35. The van der Waals surface area contributed by atoms with Gasteiger partial charge in [0.25, 0.3) is 0 Å². The van der Waals surface area contributed by atoms with E-state index in [2.05, 4.69) is 23.6 Å². The smallest absolute Gasteiger partial charge is 0.240 e. The van der Waals surface area contributed by atoms with Gasteiger partial charge in [0.05, 0.1) is 18.8 Å². The lowest BCUT2D eigenvalue weighted by Gasteiger charge is -2.31. The molecule has 2 aliphatic heterocycles. The second-order valence-electron chi connectivity index (χ2n) is 6.21. The number of carbonyl (C=O) groups excluding carboxylic acids is 1. The Morgan fingerprint density at radius 3 is 2.86 bits per heavy atom. The van der Waals surface area contributed by atoms with Crippen molar-refractivity contribution in [3.05, 3.63) is 29.8 Å². The Balaban J connectivity index is 1.63. The Morgan fingerprint density at radius 2 is 2.14 bits per heavy atom. The molecule has 1 aromatic rings. The van der Waals surface area contributed by atoms with Gasteiger partial charge in [-0.2, -0.15) is 0 Å². The van der Waals surface area contributed by atoms with E-state index >= 15 is 0 Å². The minimum absolute atomic E-state index is 0.0218. The Labute approximate surface area is 131 Å². The zero-order chi connectivity index (χ0) is 15.7. The van der Waals surface area contributed by atoms with Crippen LogP contribution in [0.2, 0.25) is 0 Å². The van der Waals surface area contributed by atoms with E-state index in [4.69, 9.17) is 9.47 Å². The van der Waals surface area contributed by atoms with Gasteiger partial charge in [0.2, 0.25) is 5.91 Å². The number of nitrogens with one attached hydrogen (secondary N) is 2. The standard InChI is InChI=1S/C17H24N2O3/c1-10-13-6-4-5-7-14(13)22-16(10)11(2)19-17(20)15-12(3)21-9-8-18-15/h4-7,10-12,15-16,18H,8-9H2,1-3H3,(H,19,20)/t10?,11?,12-,15+,16?/m1/s1. The maximum absolute atomic E-state index is 12.4. The molecule has 3 unspecified atom stereocenters. The molecule has 1 aromatic carbocycles. The number of hydrogen-bond acceptors (Lipinski definition) is 4. The van der Waals surface area contributed by atoms with Crippen molar-refractivity contribution in [1.82, 2.24) is 10.6 Å². The third-order valence-corrected chi connectivity index (χ3v) is 4.63. The Kier molecular flexibility index (Phi) is 4.36. The molecule has 2 N–H and O–H groups in total. The van der Waals surface area contributed by atoms with Crippen LogP contribution >= 0.6 is 0 Å². The van der Waals surface area contributed by atoms with E-state index < -0.39 is 0 Å². The van der Waals surface area contributed by atoms with Crippen LogP contribution in [-0.4, -0.2) is 43.4 Å². The highest BCUT2D eigenvalue weighted by atomic mass is 16.5. The number of amides is 1. The predicted octanol–water partition coefficient (Wildman–Crippen LogP) is 1.43. The third kappa shape index (κ3) is 2.83. The average molecular weight is 304 g/mol. The molecule has 1 amide bonds. The maximum Gasteiger partial charge on any atom is 0.240 e. The van der Waals surface area contributed by atoms with E-state index in [0.717, 1.165) is 5.75 Å². The summed E-state index contributed by atoms with van der Waals surface area (Å²) in [6, 6.07) is 7.71. The molecule has 0 bridgehead atoms. The second-order valence-corrected chi connectivity index (χ2v) is 6.21. The Bertz CT molecular complexity index is 548. The number of para-hydroxylation sites is 1. The molecular weight excluding hydrogens is 280 g/mol. The number of ether oxygens (including phenoxy) is 2. The summed E-state index contributed by atoms with van der Waals surface area (Å²) in [7, 11) is 0. The summed E-state index contributed by atoms with van der Waals surface area (Å²) in [5, 5.41) is 6.30. The lowest BCUT2D eigenvalue weighted by molar-refractivity contribution is -0.130. The average Bonchev–Trinajstić information content (AvgIpc) is 2.85. The molecule has 0 radical (unpaired) electrons. The molecule has 5 nitrogen and oxygen atoms in total. The van der Waals surface area contributed by atoms with Gasteiger partial charge in [-0.15, -0.1) is 0 Å². The predicted molar refractivity (Wildman–Crippen MR) is 84.1 cm³/mol. The SMILES string of the molecule is CC(NC(=O)[C@H]1NCCO[C@@H]1C)C1Oc2ccccc2C1C. The first-order valence-corrected chi connectivity index (χ1v) is 7.99. The lowest BCUT2D eigenvalue weighted by Crippen LogP contribution is -2.58. The van der Waals surface area contributed by atoms with Gasteiger partial charge in [0, 0.05) is 18.0 Å². The molecule has 5 atom stereocenters. The van der Waals surface area contributed by atoms with Crippen molar-refractivity contribution in [3.8, 4) is 5.75 Å².